The summed E-state index contributed by atoms with van der Waals surface area (Å²) in [6.45, 7) is 8.04. The maximum atomic E-state index is 12.3. The Hall–Kier alpha value is -1.85. The van der Waals surface area contributed by atoms with Gasteiger partial charge in [-0.25, -0.2) is 4.98 Å². The van der Waals surface area contributed by atoms with Crippen molar-refractivity contribution in [3.05, 3.63) is 22.7 Å². The number of anilines is 1. The smallest absolute Gasteiger partial charge is 0.305 e. The molecule has 6 nitrogen and oxygen atoms in total. The Labute approximate surface area is 112 Å². The highest BCUT2D eigenvalue weighted by molar-refractivity contribution is 5.68. The monoisotopic (exact) mass is 267 g/mol. The van der Waals surface area contributed by atoms with E-state index in [-0.39, 0.29) is 24.1 Å². The Balaban J connectivity index is 3.15. The molecule has 106 valence electrons. The highest BCUT2D eigenvalue weighted by atomic mass is 16.4. The molecule has 0 saturated carbocycles. The summed E-state index contributed by atoms with van der Waals surface area (Å²) in [5.41, 5.74) is -0.184. The van der Waals surface area contributed by atoms with Crippen LogP contribution in [0.2, 0.25) is 0 Å². The molecule has 1 N–H and O–H groups in total. The van der Waals surface area contributed by atoms with Crippen LogP contribution in [0.4, 0.5) is 5.82 Å². The average Bonchev–Trinajstić information content (AvgIpc) is 2.30. The van der Waals surface area contributed by atoms with Crippen LogP contribution < -0.4 is 10.5 Å². The fourth-order valence-electron chi connectivity index (χ4n) is 2.05. The fourth-order valence-corrected chi connectivity index (χ4v) is 2.05. The number of carbonyl (C=O) groups is 1. The molecule has 0 amide bonds. The van der Waals surface area contributed by atoms with Crippen molar-refractivity contribution in [3.8, 4) is 0 Å². The number of aliphatic carboxylic acids is 1. The van der Waals surface area contributed by atoms with Crippen molar-refractivity contribution >= 4 is 11.8 Å². The van der Waals surface area contributed by atoms with Crippen LogP contribution in [0.15, 0.2) is 17.2 Å². The molecule has 1 atom stereocenters. The summed E-state index contributed by atoms with van der Waals surface area (Å²) < 4.78 is 1.60. The maximum absolute atomic E-state index is 12.3. The van der Waals surface area contributed by atoms with Crippen LogP contribution in [0.3, 0.4) is 0 Å². The summed E-state index contributed by atoms with van der Waals surface area (Å²) in [6, 6.07) is -0.228. The number of rotatable bonds is 6. The first kappa shape index (κ1) is 15.2. The first-order valence-corrected chi connectivity index (χ1v) is 6.44. The minimum Gasteiger partial charge on any atom is -0.481 e. The molecule has 0 aromatic carbocycles. The second-order valence-corrected chi connectivity index (χ2v) is 4.79. The van der Waals surface area contributed by atoms with Gasteiger partial charge in [0, 0.05) is 31.0 Å². The first-order valence-electron chi connectivity index (χ1n) is 6.44. The Bertz CT molecular complexity index is 496. The average molecular weight is 267 g/mol. The lowest BCUT2D eigenvalue weighted by Crippen LogP contribution is -2.40. The second kappa shape index (κ2) is 6.36. The SMILES string of the molecule is CCN(c1nccn(C(C)C)c1=O)C(C)CC(=O)O. The Morgan fingerprint density at radius 1 is 1.47 bits per heavy atom. The summed E-state index contributed by atoms with van der Waals surface area (Å²) in [5.74, 6) is -0.571. The number of hydrogen-bond donors (Lipinski definition) is 1. The number of aromatic nitrogens is 2. The molecule has 19 heavy (non-hydrogen) atoms. The second-order valence-electron chi connectivity index (χ2n) is 4.79. The predicted octanol–water partition coefficient (Wildman–Crippen LogP) is 1.51. The molecule has 1 heterocycles. The molecule has 1 unspecified atom stereocenters. The van der Waals surface area contributed by atoms with Crippen LogP contribution in [0.5, 0.6) is 0 Å². The quantitative estimate of drug-likeness (QED) is 0.845. The van der Waals surface area contributed by atoms with Crippen LogP contribution in [-0.2, 0) is 4.79 Å². The van der Waals surface area contributed by atoms with Crippen LogP contribution in [0.1, 0.15) is 40.2 Å². The number of hydrogen-bond acceptors (Lipinski definition) is 4. The molecule has 1 aromatic heterocycles. The van der Waals surface area contributed by atoms with E-state index in [0.717, 1.165) is 0 Å². The molecule has 1 aromatic rings. The molecule has 6 heteroatoms. The van der Waals surface area contributed by atoms with E-state index in [0.29, 0.717) is 12.4 Å². The lowest BCUT2D eigenvalue weighted by molar-refractivity contribution is -0.137. The van der Waals surface area contributed by atoms with Gasteiger partial charge in [0.05, 0.1) is 6.42 Å². The first-order chi connectivity index (χ1) is 8.88. The summed E-state index contributed by atoms with van der Waals surface area (Å²) in [6.07, 6.45) is 3.20. The number of nitrogens with zero attached hydrogens (tertiary/aromatic N) is 3. The van der Waals surface area contributed by atoms with Crippen LogP contribution in [0.25, 0.3) is 0 Å². The topological polar surface area (TPSA) is 75.4 Å². The van der Waals surface area contributed by atoms with Crippen molar-refractivity contribution in [3.63, 3.8) is 0 Å². The van der Waals surface area contributed by atoms with Crippen molar-refractivity contribution in [1.29, 1.82) is 0 Å². The zero-order valence-corrected chi connectivity index (χ0v) is 11.8. The van der Waals surface area contributed by atoms with Gasteiger partial charge in [-0.2, -0.15) is 0 Å². The third kappa shape index (κ3) is 3.56. The van der Waals surface area contributed by atoms with Crippen molar-refractivity contribution < 1.29 is 9.90 Å². The number of carboxylic acids is 1. The molecule has 0 fully saturated rings. The summed E-state index contributed by atoms with van der Waals surface area (Å²) >= 11 is 0. The summed E-state index contributed by atoms with van der Waals surface area (Å²) in [5, 5.41) is 8.86. The zero-order chi connectivity index (χ0) is 14.6. The molecular formula is C13H21N3O3. The van der Waals surface area contributed by atoms with E-state index >= 15 is 0 Å². The Morgan fingerprint density at radius 3 is 2.58 bits per heavy atom. The van der Waals surface area contributed by atoms with Crippen molar-refractivity contribution in [2.24, 2.45) is 0 Å². The molecule has 0 spiro atoms. The molecule has 0 aliphatic carbocycles. The minimum absolute atomic E-state index is 0.0223. The molecule has 0 bridgehead atoms. The van der Waals surface area contributed by atoms with Crippen LogP contribution in [0, 0.1) is 0 Å². The molecule has 0 aliphatic heterocycles. The molecule has 1 rings (SSSR count). The minimum atomic E-state index is -0.883. The van der Waals surface area contributed by atoms with Gasteiger partial charge in [0.25, 0.3) is 5.56 Å². The van der Waals surface area contributed by atoms with E-state index in [9.17, 15) is 9.59 Å². The van der Waals surface area contributed by atoms with Gasteiger partial charge in [0.2, 0.25) is 0 Å². The van der Waals surface area contributed by atoms with Crippen molar-refractivity contribution in [2.45, 2.75) is 46.2 Å². The van der Waals surface area contributed by atoms with E-state index in [1.165, 1.54) is 0 Å². The lowest BCUT2D eigenvalue weighted by Gasteiger charge is -2.28. The van der Waals surface area contributed by atoms with E-state index in [4.69, 9.17) is 5.11 Å². The molecule has 0 aliphatic rings. The van der Waals surface area contributed by atoms with Crippen molar-refractivity contribution in [1.82, 2.24) is 9.55 Å². The molecular weight excluding hydrogens is 246 g/mol. The van der Waals surface area contributed by atoms with Crippen LogP contribution in [-0.4, -0.2) is 33.2 Å². The fraction of sp³-hybridized carbons (Fsp3) is 0.615. The van der Waals surface area contributed by atoms with Gasteiger partial charge in [-0.3, -0.25) is 9.59 Å². The third-order valence-electron chi connectivity index (χ3n) is 3.02. The molecule has 0 radical (unpaired) electrons. The van der Waals surface area contributed by atoms with Gasteiger partial charge >= 0.3 is 5.97 Å². The number of carboxylic acid groups (broad SMARTS) is 1. The third-order valence-corrected chi connectivity index (χ3v) is 3.02. The van der Waals surface area contributed by atoms with Crippen LogP contribution >= 0.6 is 0 Å². The van der Waals surface area contributed by atoms with Gasteiger partial charge in [0.1, 0.15) is 0 Å². The summed E-state index contributed by atoms with van der Waals surface area (Å²) in [4.78, 5) is 29.0. The predicted molar refractivity (Wildman–Crippen MR) is 73.6 cm³/mol. The van der Waals surface area contributed by atoms with E-state index < -0.39 is 5.97 Å². The van der Waals surface area contributed by atoms with E-state index in [2.05, 4.69) is 4.98 Å². The Kier molecular flexibility index (Phi) is 5.09. The highest BCUT2D eigenvalue weighted by Crippen LogP contribution is 2.12. The maximum Gasteiger partial charge on any atom is 0.305 e. The highest BCUT2D eigenvalue weighted by Gasteiger charge is 2.20. The van der Waals surface area contributed by atoms with Gasteiger partial charge < -0.3 is 14.6 Å². The zero-order valence-electron chi connectivity index (χ0n) is 11.8. The van der Waals surface area contributed by atoms with Crippen molar-refractivity contribution in [2.75, 3.05) is 11.4 Å². The van der Waals surface area contributed by atoms with Gasteiger partial charge in [-0.05, 0) is 27.7 Å². The van der Waals surface area contributed by atoms with Gasteiger partial charge in [0.15, 0.2) is 5.82 Å². The normalized spacial score (nSPS) is 12.5. The lowest BCUT2D eigenvalue weighted by atomic mass is 10.2. The largest absolute Gasteiger partial charge is 0.481 e. The standard InChI is InChI=1S/C13H21N3O3/c1-5-15(10(4)8-11(17)18)12-13(19)16(9(2)3)7-6-14-12/h6-7,9-10H,5,8H2,1-4H3,(H,17,18). The van der Waals surface area contributed by atoms with E-state index in [1.807, 2.05) is 20.8 Å². The van der Waals surface area contributed by atoms with Gasteiger partial charge in [-0.1, -0.05) is 0 Å². The summed E-state index contributed by atoms with van der Waals surface area (Å²) in [7, 11) is 0. The van der Waals surface area contributed by atoms with Gasteiger partial charge in [-0.15, -0.1) is 0 Å². The molecule has 0 saturated heterocycles. The van der Waals surface area contributed by atoms with E-state index in [1.54, 1.807) is 28.8 Å². The Morgan fingerprint density at radius 2 is 2.11 bits per heavy atom.